The first-order chi connectivity index (χ1) is 8.06. The Morgan fingerprint density at radius 2 is 2.21 bits per heavy atom. The van der Waals surface area contributed by atoms with Crippen molar-refractivity contribution in [1.29, 1.82) is 0 Å². The molecule has 0 aliphatic carbocycles. The number of hydrogen-bond acceptors (Lipinski definition) is 4. The van der Waals surface area contributed by atoms with Crippen LogP contribution >= 0.6 is 36.2 Å². The highest BCUT2D eigenvalue weighted by Crippen LogP contribution is 2.18. The third-order valence-electron chi connectivity index (χ3n) is 2.89. The van der Waals surface area contributed by atoms with E-state index in [1.165, 1.54) is 11.3 Å². The van der Waals surface area contributed by atoms with Crippen molar-refractivity contribution in [3.8, 4) is 0 Å². The Bertz CT molecular complexity index is 453. The summed E-state index contributed by atoms with van der Waals surface area (Å²) in [5, 5.41) is 11.7. The molecule has 0 bridgehead atoms. The molecule has 1 N–H and O–H groups in total. The summed E-state index contributed by atoms with van der Waals surface area (Å²) in [6.07, 6.45) is 0.827. The number of aromatic nitrogens is 1. The topological polar surface area (TPSA) is 70.5 Å². The first kappa shape index (κ1) is 18.1. The van der Waals surface area contributed by atoms with Crippen molar-refractivity contribution in [1.82, 2.24) is 9.88 Å². The van der Waals surface area contributed by atoms with Crippen molar-refractivity contribution in [2.24, 2.45) is 5.92 Å². The Kier molecular flexibility index (Phi) is 7.33. The molecule has 0 spiro atoms. The summed E-state index contributed by atoms with van der Waals surface area (Å²) in [6.45, 7) is 2.77. The first-order valence-electron chi connectivity index (χ1n) is 5.48. The number of nitrogens with zero attached hydrogens (tertiary/aromatic N) is 2. The van der Waals surface area contributed by atoms with Gasteiger partial charge in [0.25, 0.3) is 0 Å². The van der Waals surface area contributed by atoms with Crippen LogP contribution in [0.3, 0.4) is 0 Å². The van der Waals surface area contributed by atoms with Crippen molar-refractivity contribution in [3.05, 3.63) is 16.1 Å². The fourth-order valence-corrected chi connectivity index (χ4v) is 2.56. The summed E-state index contributed by atoms with van der Waals surface area (Å²) in [5.41, 5.74) is 0.774. The van der Waals surface area contributed by atoms with Gasteiger partial charge in [0, 0.05) is 18.5 Å². The molecule has 2 rings (SSSR count). The number of halogens is 2. The lowest BCUT2D eigenvalue weighted by Crippen LogP contribution is -2.31. The van der Waals surface area contributed by atoms with Crippen LogP contribution in [-0.4, -0.2) is 40.0 Å². The molecule has 19 heavy (non-hydrogen) atoms. The Morgan fingerprint density at radius 3 is 2.68 bits per heavy atom. The minimum atomic E-state index is -0.815. The van der Waals surface area contributed by atoms with Gasteiger partial charge in [-0.1, -0.05) is 0 Å². The number of aryl methyl sites for hydroxylation is 1. The molecular formula is C11H16Cl2N2O3S. The van der Waals surface area contributed by atoms with Crippen LogP contribution in [0.5, 0.6) is 0 Å². The first-order valence-corrected chi connectivity index (χ1v) is 6.36. The third kappa shape index (κ3) is 4.63. The number of amides is 1. The maximum absolute atomic E-state index is 11.9. The molecule has 1 aromatic rings. The van der Waals surface area contributed by atoms with E-state index in [0.29, 0.717) is 19.5 Å². The lowest BCUT2D eigenvalue weighted by atomic mass is 10.1. The molecule has 2 heterocycles. The van der Waals surface area contributed by atoms with Gasteiger partial charge in [-0.05, 0) is 13.3 Å². The molecule has 5 nitrogen and oxygen atoms in total. The van der Waals surface area contributed by atoms with E-state index in [4.69, 9.17) is 5.11 Å². The van der Waals surface area contributed by atoms with Gasteiger partial charge in [-0.3, -0.25) is 9.59 Å². The van der Waals surface area contributed by atoms with E-state index in [1.807, 2.05) is 12.3 Å². The Hall–Kier alpha value is -0.850. The number of carbonyl (C=O) groups excluding carboxylic acids is 1. The average molecular weight is 327 g/mol. The Labute approximate surface area is 127 Å². The maximum atomic E-state index is 11.9. The number of likely N-dealkylation sites (tertiary alicyclic amines) is 1. The molecule has 0 radical (unpaired) electrons. The predicted octanol–water partition coefficient (Wildman–Crippen LogP) is 1.77. The van der Waals surface area contributed by atoms with Crippen molar-refractivity contribution < 1.29 is 14.7 Å². The highest BCUT2D eigenvalue weighted by atomic mass is 35.5. The summed E-state index contributed by atoms with van der Waals surface area (Å²) in [5.74, 6) is -1.25. The number of hydrogen-bond donors (Lipinski definition) is 1. The summed E-state index contributed by atoms with van der Waals surface area (Å²) < 4.78 is 0. The monoisotopic (exact) mass is 326 g/mol. The molecule has 1 aliphatic heterocycles. The van der Waals surface area contributed by atoms with Gasteiger partial charge in [0.15, 0.2) is 0 Å². The van der Waals surface area contributed by atoms with Gasteiger partial charge in [0.05, 0.1) is 23.0 Å². The molecule has 1 aromatic heterocycles. The molecule has 1 amide bonds. The Balaban J connectivity index is 0.00000162. The molecule has 0 aromatic carbocycles. The molecule has 108 valence electrons. The normalized spacial score (nSPS) is 17.5. The standard InChI is InChI=1S/C11H14N2O3S.2ClH/c1-7-12-9(6-17-7)4-10(14)13-3-2-8(5-13)11(15)16;;/h6,8H,2-5H2,1H3,(H,15,16);2*1H. The maximum Gasteiger partial charge on any atom is 0.308 e. The van der Waals surface area contributed by atoms with Crippen molar-refractivity contribution >= 4 is 48.0 Å². The van der Waals surface area contributed by atoms with Gasteiger partial charge >= 0.3 is 5.97 Å². The zero-order chi connectivity index (χ0) is 12.4. The largest absolute Gasteiger partial charge is 0.481 e. The molecule has 1 unspecified atom stereocenters. The summed E-state index contributed by atoms with van der Waals surface area (Å²) in [7, 11) is 0. The molecule has 1 saturated heterocycles. The lowest BCUT2D eigenvalue weighted by molar-refractivity contribution is -0.141. The molecule has 1 aliphatic rings. The summed E-state index contributed by atoms with van der Waals surface area (Å²) >= 11 is 1.52. The highest BCUT2D eigenvalue weighted by Gasteiger charge is 2.30. The minimum absolute atomic E-state index is 0. The van der Waals surface area contributed by atoms with Crippen molar-refractivity contribution in [2.45, 2.75) is 19.8 Å². The number of carbonyl (C=O) groups is 2. The summed E-state index contributed by atoms with van der Waals surface area (Å²) in [6, 6.07) is 0. The quantitative estimate of drug-likeness (QED) is 0.918. The van der Waals surface area contributed by atoms with E-state index in [-0.39, 0.29) is 37.1 Å². The SMILES string of the molecule is Cc1nc(CC(=O)N2CCC(C(=O)O)C2)cs1.Cl.Cl. The van der Waals surface area contributed by atoms with Gasteiger partial charge in [-0.25, -0.2) is 4.98 Å². The number of carboxylic acid groups (broad SMARTS) is 1. The average Bonchev–Trinajstić information content (AvgIpc) is 2.86. The second kappa shape index (κ2) is 7.67. The molecule has 1 fully saturated rings. The van der Waals surface area contributed by atoms with E-state index in [0.717, 1.165) is 10.7 Å². The van der Waals surface area contributed by atoms with E-state index in [2.05, 4.69) is 4.98 Å². The van der Waals surface area contributed by atoms with Crippen LogP contribution in [0.1, 0.15) is 17.1 Å². The second-order valence-corrected chi connectivity index (χ2v) is 5.26. The fraction of sp³-hybridized carbons (Fsp3) is 0.545. The van der Waals surface area contributed by atoms with Crippen LogP contribution in [-0.2, 0) is 16.0 Å². The second-order valence-electron chi connectivity index (χ2n) is 4.20. The number of carboxylic acids is 1. The highest BCUT2D eigenvalue weighted by molar-refractivity contribution is 7.09. The molecule has 0 saturated carbocycles. The minimum Gasteiger partial charge on any atom is -0.481 e. The van der Waals surface area contributed by atoms with Crippen molar-refractivity contribution in [3.63, 3.8) is 0 Å². The van der Waals surface area contributed by atoms with Gasteiger partial charge in [0.1, 0.15) is 0 Å². The van der Waals surface area contributed by atoms with Crippen LogP contribution in [0.25, 0.3) is 0 Å². The van der Waals surface area contributed by atoms with Gasteiger partial charge in [0.2, 0.25) is 5.91 Å². The lowest BCUT2D eigenvalue weighted by Gasteiger charge is -2.14. The van der Waals surface area contributed by atoms with Gasteiger partial charge in [-0.2, -0.15) is 0 Å². The van der Waals surface area contributed by atoms with Crippen LogP contribution in [0, 0.1) is 12.8 Å². The van der Waals surface area contributed by atoms with Crippen LogP contribution in [0.15, 0.2) is 5.38 Å². The smallest absolute Gasteiger partial charge is 0.308 e. The Morgan fingerprint density at radius 1 is 1.53 bits per heavy atom. The van der Waals surface area contributed by atoms with Crippen LogP contribution < -0.4 is 0 Å². The van der Waals surface area contributed by atoms with E-state index in [1.54, 1.807) is 4.90 Å². The zero-order valence-electron chi connectivity index (χ0n) is 10.4. The number of rotatable bonds is 3. The fourth-order valence-electron chi connectivity index (χ4n) is 1.94. The predicted molar refractivity (Wildman–Crippen MR) is 77.4 cm³/mol. The van der Waals surface area contributed by atoms with Crippen LogP contribution in [0.2, 0.25) is 0 Å². The van der Waals surface area contributed by atoms with Gasteiger partial charge in [-0.15, -0.1) is 36.2 Å². The van der Waals surface area contributed by atoms with Crippen LogP contribution in [0.4, 0.5) is 0 Å². The zero-order valence-corrected chi connectivity index (χ0v) is 12.8. The third-order valence-corrected chi connectivity index (χ3v) is 3.71. The van der Waals surface area contributed by atoms with E-state index < -0.39 is 11.9 Å². The van der Waals surface area contributed by atoms with Gasteiger partial charge < -0.3 is 10.0 Å². The molecular weight excluding hydrogens is 311 g/mol. The van der Waals surface area contributed by atoms with E-state index >= 15 is 0 Å². The molecule has 1 atom stereocenters. The van der Waals surface area contributed by atoms with Crippen molar-refractivity contribution in [2.75, 3.05) is 13.1 Å². The molecule has 8 heteroatoms. The van der Waals surface area contributed by atoms with E-state index in [9.17, 15) is 9.59 Å². The number of thiazole rings is 1. The number of aliphatic carboxylic acids is 1. The summed E-state index contributed by atoms with van der Waals surface area (Å²) in [4.78, 5) is 28.5.